The summed E-state index contributed by atoms with van der Waals surface area (Å²) >= 11 is 0. The minimum Gasteiger partial charge on any atom is -0.383 e. The predicted octanol–water partition coefficient (Wildman–Crippen LogP) is 4.37. The number of benzene rings is 1. The fourth-order valence-corrected chi connectivity index (χ4v) is 5.35. The molecule has 5 rings (SSSR count). The zero-order valence-electron chi connectivity index (χ0n) is 20.8. The van der Waals surface area contributed by atoms with Gasteiger partial charge in [-0.2, -0.15) is 13.2 Å². The van der Waals surface area contributed by atoms with Crippen LogP contribution in [0.25, 0.3) is 11.3 Å². The molecule has 0 bridgehead atoms. The summed E-state index contributed by atoms with van der Waals surface area (Å²) in [5.74, 6) is 0.179. The fraction of sp³-hybridized carbons (Fsp3) is 0.462. The fourth-order valence-electron chi connectivity index (χ4n) is 5.35. The Morgan fingerprint density at radius 1 is 1.05 bits per heavy atom. The number of nitrogens with zero attached hydrogens (tertiary/aromatic N) is 6. The van der Waals surface area contributed by atoms with E-state index < -0.39 is 17.6 Å². The van der Waals surface area contributed by atoms with Gasteiger partial charge in [-0.25, -0.2) is 19.3 Å². The topological polar surface area (TPSA) is 93.2 Å². The maximum Gasteiger partial charge on any atom is 0.419 e. The van der Waals surface area contributed by atoms with Crippen LogP contribution in [0.15, 0.2) is 30.7 Å². The van der Waals surface area contributed by atoms with Crippen LogP contribution in [0.4, 0.5) is 29.2 Å². The van der Waals surface area contributed by atoms with Crippen molar-refractivity contribution in [2.45, 2.75) is 44.3 Å². The van der Waals surface area contributed by atoms with Crippen molar-refractivity contribution < 1.29 is 22.4 Å². The third-order valence-corrected chi connectivity index (χ3v) is 7.40. The Hall–Kier alpha value is -3.54. The van der Waals surface area contributed by atoms with Crippen molar-refractivity contribution in [2.24, 2.45) is 0 Å². The van der Waals surface area contributed by atoms with Gasteiger partial charge in [0.1, 0.15) is 29.6 Å². The normalized spacial score (nSPS) is 17.3. The highest BCUT2D eigenvalue weighted by atomic mass is 19.4. The van der Waals surface area contributed by atoms with E-state index in [4.69, 9.17) is 10.7 Å². The highest BCUT2D eigenvalue weighted by molar-refractivity contribution is 5.88. The molecule has 38 heavy (non-hydrogen) atoms. The molecule has 2 N–H and O–H groups in total. The van der Waals surface area contributed by atoms with Crippen molar-refractivity contribution in [3.63, 3.8) is 0 Å². The molecule has 3 aromatic rings. The molecule has 0 amide bonds. The number of likely N-dealkylation sites (tertiary alicyclic amines) is 1. The second-order valence-corrected chi connectivity index (χ2v) is 9.79. The molecule has 2 saturated heterocycles. The number of carbonyl (C=O) groups is 1. The Bertz CT molecular complexity index is 1300. The largest absolute Gasteiger partial charge is 0.419 e. The number of nitrogen functional groups attached to an aromatic ring is 1. The minimum absolute atomic E-state index is 0.0555. The van der Waals surface area contributed by atoms with Gasteiger partial charge in [0.05, 0.1) is 16.8 Å². The monoisotopic (exact) mass is 531 g/mol. The van der Waals surface area contributed by atoms with Crippen LogP contribution in [0.1, 0.15) is 53.3 Å². The first-order valence-electron chi connectivity index (χ1n) is 12.7. The summed E-state index contributed by atoms with van der Waals surface area (Å²) in [6.07, 6.45) is 2.71. The second kappa shape index (κ2) is 10.7. The minimum atomic E-state index is -4.79. The summed E-state index contributed by atoms with van der Waals surface area (Å²) in [5, 5.41) is 0. The molecule has 0 aliphatic carbocycles. The van der Waals surface area contributed by atoms with Gasteiger partial charge in [-0.05, 0) is 57.0 Å². The van der Waals surface area contributed by atoms with Crippen molar-refractivity contribution in [1.29, 1.82) is 0 Å². The van der Waals surface area contributed by atoms with Crippen LogP contribution in [-0.2, 0) is 12.7 Å². The summed E-state index contributed by atoms with van der Waals surface area (Å²) in [6.45, 7) is 4.75. The molecule has 2 aliphatic heterocycles. The number of alkyl halides is 3. The Balaban J connectivity index is 1.41. The van der Waals surface area contributed by atoms with Crippen molar-refractivity contribution in [3.8, 4) is 11.3 Å². The van der Waals surface area contributed by atoms with E-state index >= 15 is 0 Å². The molecule has 0 unspecified atom stereocenters. The number of aromatic nitrogens is 4. The molecule has 1 aromatic carbocycles. The van der Waals surface area contributed by atoms with E-state index in [0.29, 0.717) is 50.3 Å². The van der Waals surface area contributed by atoms with Crippen LogP contribution in [0, 0.1) is 5.82 Å². The summed E-state index contributed by atoms with van der Waals surface area (Å²) < 4.78 is 56.0. The van der Waals surface area contributed by atoms with E-state index in [2.05, 4.69) is 14.9 Å². The Kier molecular flexibility index (Phi) is 7.33. The van der Waals surface area contributed by atoms with Gasteiger partial charge in [0, 0.05) is 43.9 Å². The molecular formula is C26H29F4N7O. The molecule has 12 heteroatoms. The summed E-state index contributed by atoms with van der Waals surface area (Å²) in [7, 11) is 0. The van der Waals surface area contributed by atoms with E-state index in [1.165, 1.54) is 12.4 Å². The highest BCUT2D eigenvalue weighted by Gasteiger charge is 2.35. The van der Waals surface area contributed by atoms with Crippen LogP contribution in [0.3, 0.4) is 0 Å². The first-order chi connectivity index (χ1) is 18.2. The molecule has 0 atom stereocenters. The number of carbonyl (C=O) groups excluding carboxylic acids is 1. The molecular weight excluding hydrogens is 502 g/mol. The Morgan fingerprint density at radius 2 is 1.79 bits per heavy atom. The van der Waals surface area contributed by atoms with Crippen molar-refractivity contribution >= 4 is 17.9 Å². The molecule has 202 valence electrons. The number of rotatable bonds is 7. The third kappa shape index (κ3) is 5.35. The lowest BCUT2D eigenvalue weighted by Crippen LogP contribution is -2.35. The van der Waals surface area contributed by atoms with E-state index in [1.807, 2.05) is 9.47 Å². The average molecular weight is 532 g/mol. The second-order valence-electron chi connectivity index (χ2n) is 9.79. The van der Waals surface area contributed by atoms with Crippen LogP contribution < -0.4 is 10.6 Å². The van der Waals surface area contributed by atoms with Crippen LogP contribution in [0.5, 0.6) is 0 Å². The number of nitrogens with two attached hydrogens (primary N) is 1. The smallest absolute Gasteiger partial charge is 0.383 e. The summed E-state index contributed by atoms with van der Waals surface area (Å²) in [5.41, 5.74) is 5.42. The van der Waals surface area contributed by atoms with Crippen molar-refractivity contribution in [1.82, 2.24) is 24.4 Å². The third-order valence-electron chi connectivity index (χ3n) is 7.40. The van der Waals surface area contributed by atoms with Gasteiger partial charge in [0.2, 0.25) is 0 Å². The maximum atomic E-state index is 13.9. The SMILES string of the molecule is Nc1ncnc(N2CCC(c3nc(-c4ccc(F)c(C(F)(F)F)c4)cn3CCN3CCCC3)CC2)c1C=O. The molecule has 0 saturated carbocycles. The molecule has 2 aromatic heterocycles. The number of hydrogen-bond donors (Lipinski definition) is 1. The average Bonchev–Trinajstić information content (AvgIpc) is 3.57. The predicted molar refractivity (Wildman–Crippen MR) is 134 cm³/mol. The lowest BCUT2D eigenvalue weighted by Gasteiger charge is -2.33. The highest BCUT2D eigenvalue weighted by Crippen LogP contribution is 2.36. The van der Waals surface area contributed by atoms with Gasteiger partial charge in [0.25, 0.3) is 0 Å². The first kappa shape index (κ1) is 26.1. The molecule has 8 nitrogen and oxygen atoms in total. The summed E-state index contributed by atoms with van der Waals surface area (Å²) in [6, 6.07) is 3.01. The zero-order chi connectivity index (χ0) is 26.9. The van der Waals surface area contributed by atoms with E-state index in [1.54, 1.807) is 6.20 Å². The van der Waals surface area contributed by atoms with Crippen molar-refractivity contribution in [2.75, 3.05) is 43.4 Å². The van der Waals surface area contributed by atoms with E-state index in [-0.39, 0.29) is 22.9 Å². The van der Waals surface area contributed by atoms with Gasteiger partial charge in [0.15, 0.2) is 6.29 Å². The number of halogens is 4. The molecule has 0 radical (unpaired) electrons. The van der Waals surface area contributed by atoms with Crippen LogP contribution >= 0.6 is 0 Å². The number of imidazole rings is 1. The Labute approximate surface area is 217 Å². The number of hydrogen-bond acceptors (Lipinski definition) is 7. The molecule has 2 fully saturated rings. The lowest BCUT2D eigenvalue weighted by atomic mass is 9.95. The van der Waals surface area contributed by atoms with Gasteiger partial charge in [-0.15, -0.1) is 0 Å². The first-order valence-corrected chi connectivity index (χ1v) is 12.7. The van der Waals surface area contributed by atoms with Gasteiger partial charge in [-0.3, -0.25) is 4.79 Å². The number of piperidine rings is 1. The molecule has 0 spiro atoms. The zero-order valence-corrected chi connectivity index (χ0v) is 20.8. The van der Waals surface area contributed by atoms with E-state index in [0.717, 1.165) is 50.4 Å². The van der Waals surface area contributed by atoms with Crippen molar-refractivity contribution in [3.05, 3.63) is 53.5 Å². The Morgan fingerprint density at radius 3 is 2.47 bits per heavy atom. The molecule has 2 aliphatic rings. The maximum absolute atomic E-state index is 13.9. The van der Waals surface area contributed by atoms with E-state index in [9.17, 15) is 22.4 Å². The summed E-state index contributed by atoms with van der Waals surface area (Å²) in [4.78, 5) is 28.8. The quantitative estimate of drug-likeness (QED) is 0.358. The van der Waals surface area contributed by atoms with Crippen LogP contribution in [-0.4, -0.2) is 63.4 Å². The van der Waals surface area contributed by atoms with Gasteiger partial charge >= 0.3 is 6.18 Å². The molecule has 4 heterocycles. The number of anilines is 2. The standard InChI is InChI=1S/C26H29F4N7O/c27-21-4-3-18(13-20(21)26(28,29)30)22-14-37(12-11-35-7-1-2-8-35)24(34-22)17-5-9-36(10-6-17)25-19(15-38)23(31)32-16-33-25/h3-4,13-17H,1-2,5-12H2,(H2,31,32,33). The van der Waals surface area contributed by atoms with Gasteiger partial charge in [-0.1, -0.05) is 0 Å². The lowest BCUT2D eigenvalue weighted by molar-refractivity contribution is -0.139. The van der Waals surface area contributed by atoms with Gasteiger partial charge < -0.3 is 20.1 Å². The van der Waals surface area contributed by atoms with Crippen LogP contribution in [0.2, 0.25) is 0 Å². The number of aldehydes is 1.